The molecule has 116 valence electrons. The van der Waals surface area contributed by atoms with Crippen molar-refractivity contribution >= 4 is 17.5 Å². The first-order valence-corrected chi connectivity index (χ1v) is 7.80. The van der Waals surface area contributed by atoms with E-state index in [1.54, 1.807) is 24.3 Å². The molecule has 0 saturated heterocycles. The van der Waals surface area contributed by atoms with Crippen molar-refractivity contribution in [3.63, 3.8) is 0 Å². The van der Waals surface area contributed by atoms with Crippen LogP contribution in [0.15, 0.2) is 24.3 Å². The molecule has 1 saturated carbocycles. The third kappa shape index (κ3) is 5.21. The average molecular weight is 312 g/mol. The highest BCUT2D eigenvalue weighted by molar-refractivity contribution is 6.30. The molecule has 1 N–H and O–H groups in total. The summed E-state index contributed by atoms with van der Waals surface area (Å²) in [5, 5.41) is 0.639. The van der Waals surface area contributed by atoms with Gasteiger partial charge in [-0.25, -0.2) is 5.48 Å². The maximum Gasteiger partial charge on any atom is 0.284 e. The molecule has 1 aromatic rings. The van der Waals surface area contributed by atoms with Gasteiger partial charge in [0.05, 0.1) is 6.10 Å². The lowest BCUT2D eigenvalue weighted by Gasteiger charge is -2.26. The number of ether oxygens (including phenoxy) is 1. The number of halogens is 1. The number of hydrogen-bond acceptors (Lipinski definition) is 3. The van der Waals surface area contributed by atoms with Crippen molar-refractivity contribution in [2.45, 2.75) is 51.7 Å². The van der Waals surface area contributed by atoms with E-state index in [0.717, 1.165) is 19.3 Å². The molecule has 4 nitrogen and oxygen atoms in total. The SMILES string of the molecule is CC(C)CC(Oc1ccc(Cl)cc1)C(=O)NOC1CCC1. The van der Waals surface area contributed by atoms with Gasteiger partial charge < -0.3 is 4.74 Å². The van der Waals surface area contributed by atoms with Crippen LogP contribution in [0.1, 0.15) is 39.5 Å². The number of nitrogens with one attached hydrogen (secondary N) is 1. The molecule has 0 aliphatic heterocycles. The highest BCUT2D eigenvalue weighted by atomic mass is 35.5. The van der Waals surface area contributed by atoms with E-state index in [-0.39, 0.29) is 12.0 Å². The monoisotopic (exact) mass is 311 g/mol. The van der Waals surface area contributed by atoms with Crippen molar-refractivity contribution < 1.29 is 14.4 Å². The van der Waals surface area contributed by atoms with Crippen molar-refractivity contribution in [3.8, 4) is 5.75 Å². The van der Waals surface area contributed by atoms with Crippen LogP contribution in [0.3, 0.4) is 0 Å². The Morgan fingerprint density at radius 3 is 2.52 bits per heavy atom. The third-order valence-corrected chi connectivity index (χ3v) is 3.70. The van der Waals surface area contributed by atoms with Crippen LogP contribution in [0.2, 0.25) is 5.02 Å². The predicted octanol–water partition coefficient (Wildman–Crippen LogP) is 3.73. The molecule has 1 unspecified atom stereocenters. The van der Waals surface area contributed by atoms with Gasteiger partial charge in [0.2, 0.25) is 0 Å². The summed E-state index contributed by atoms with van der Waals surface area (Å²) in [6.45, 7) is 4.11. The van der Waals surface area contributed by atoms with Crippen LogP contribution < -0.4 is 10.2 Å². The van der Waals surface area contributed by atoms with Crippen LogP contribution >= 0.6 is 11.6 Å². The summed E-state index contributed by atoms with van der Waals surface area (Å²) in [6, 6.07) is 7.00. The van der Waals surface area contributed by atoms with Crippen molar-refractivity contribution in [3.05, 3.63) is 29.3 Å². The van der Waals surface area contributed by atoms with Crippen molar-refractivity contribution in [2.24, 2.45) is 5.92 Å². The fourth-order valence-corrected chi connectivity index (χ4v) is 2.14. The predicted molar refractivity (Wildman–Crippen MR) is 82.2 cm³/mol. The van der Waals surface area contributed by atoms with Crippen molar-refractivity contribution in [1.82, 2.24) is 5.48 Å². The maximum absolute atomic E-state index is 12.2. The van der Waals surface area contributed by atoms with Gasteiger partial charge in [-0.3, -0.25) is 9.63 Å². The first kappa shape index (κ1) is 16.1. The van der Waals surface area contributed by atoms with E-state index < -0.39 is 6.10 Å². The quantitative estimate of drug-likeness (QED) is 0.780. The molecule has 1 fully saturated rings. The smallest absolute Gasteiger partial charge is 0.284 e. The molecule has 2 rings (SSSR count). The fourth-order valence-electron chi connectivity index (χ4n) is 2.01. The normalized spacial score (nSPS) is 16.4. The van der Waals surface area contributed by atoms with E-state index in [1.165, 1.54) is 0 Å². The number of hydroxylamine groups is 1. The zero-order valence-electron chi connectivity index (χ0n) is 12.5. The highest BCUT2D eigenvalue weighted by Gasteiger charge is 2.25. The van der Waals surface area contributed by atoms with Crippen LogP contribution in [-0.4, -0.2) is 18.1 Å². The van der Waals surface area contributed by atoms with E-state index in [9.17, 15) is 4.79 Å². The molecular weight excluding hydrogens is 290 g/mol. The Labute approximate surface area is 130 Å². The molecule has 0 heterocycles. The van der Waals surface area contributed by atoms with Gasteiger partial charge in [0, 0.05) is 5.02 Å². The van der Waals surface area contributed by atoms with E-state index in [2.05, 4.69) is 19.3 Å². The zero-order chi connectivity index (χ0) is 15.2. The van der Waals surface area contributed by atoms with Crippen LogP contribution in [0.25, 0.3) is 0 Å². The van der Waals surface area contributed by atoms with Gasteiger partial charge in [-0.2, -0.15) is 0 Å². The summed E-state index contributed by atoms with van der Waals surface area (Å²) in [7, 11) is 0. The first-order valence-electron chi connectivity index (χ1n) is 7.42. The number of rotatable bonds is 7. The lowest BCUT2D eigenvalue weighted by molar-refractivity contribution is -0.150. The number of carbonyl (C=O) groups excluding carboxylic acids is 1. The molecule has 0 bridgehead atoms. The molecule has 1 atom stereocenters. The largest absolute Gasteiger partial charge is 0.481 e. The molecule has 5 heteroatoms. The summed E-state index contributed by atoms with van der Waals surface area (Å²) in [6.07, 6.45) is 3.40. The van der Waals surface area contributed by atoms with E-state index in [4.69, 9.17) is 21.2 Å². The second-order valence-corrected chi connectivity index (χ2v) is 6.26. The van der Waals surface area contributed by atoms with Crippen molar-refractivity contribution in [2.75, 3.05) is 0 Å². The number of carbonyl (C=O) groups is 1. The number of hydrogen-bond donors (Lipinski definition) is 1. The summed E-state index contributed by atoms with van der Waals surface area (Å²) < 4.78 is 5.78. The van der Waals surface area contributed by atoms with E-state index in [0.29, 0.717) is 23.1 Å². The molecule has 0 radical (unpaired) electrons. The second-order valence-electron chi connectivity index (χ2n) is 5.83. The lowest BCUT2D eigenvalue weighted by Crippen LogP contribution is -2.42. The zero-order valence-corrected chi connectivity index (χ0v) is 13.2. The fraction of sp³-hybridized carbons (Fsp3) is 0.562. The van der Waals surface area contributed by atoms with Gasteiger partial charge in [-0.15, -0.1) is 0 Å². The van der Waals surface area contributed by atoms with Gasteiger partial charge in [0.25, 0.3) is 5.91 Å². The lowest BCUT2D eigenvalue weighted by atomic mass is 9.97. The van der Waals surface area contributed by atoms with Gasteiger partial charge in [0.1, 0.15) is 5.75 Å². The minimum Gasteiger partial charge on any atom is -0.481 e. The minimum atomic E-state index is -0.564. The standard InChI is InChI=1S/C16H22ClNO3/c1-11(2)10-15(16(19)18-21-14-4-3-5-14)20-13-8-6-12(17)7-9-13/h6-9,11,14-15H,3-5,10H2,1-2H3,(H,18,19). The minimum absolute atomic E-state index is 0.157. The van der Waals surface area contributed by atoms with E-state index >= 15 is 0 Å². The molecular formula is C16H22ClNO3. The van der Waals surface area contributed by atoms with E-state index in [1.807, 2.05) is 0 Å². The Morgan fingerprint density at radius 2 is 2.00 bits per heavy atom. The summed E-state index contributed by atoms with van der Waals surface area (Å²) >= 11 is 5.85. The Kier molecular flexibility index (Phi) is 5.88. The summed E-state index contributed by atoms with van der Waals surface area (Å²) in [5.41, 5.74) is 2.53. The molecule has 21 heavy (non-hydrogen) atoms. The van der Waals surface area contributed by atoms with Crippen LogP contribution in [0, 0.1) is 5.92 Å². The Morgan fingerprint density at radius 1 is 1.33 bits per heavy atom. The molecule has 1 aliphatic rings. The average Bonchev–Trinajstić information content (AvgIpc) is 2.38. The Bertz CT molecular complexity index is 457. The van der Waals surface area contributed by atoms with Gasteiger partial charge in [0.15, 0.2) is 6.10 Å². The van der Waals surface area contributed by atoms with Crippen LogP contribution in [0.5, 0.6) is 5.75 Å². The molecule has 0 spiro atoms. The summed E-state index contributed by atoms with van der Waals surface area (Å²) in [4.78, 5) is 17.6. The Balaban J connectivity index is 1.92. The molecule has 1 aromatic carbocycles. The number of amides is 1. The van der Waals surface area contributed by atoms with Gasteiger partial charge in [-0.1, -0.05) is 25.4 Å². The highest BCUT2D eigenvalue weighted by Crippen LogP contribution is 2.22. The maximum atomic E-state index is 12.2. The second kappa shape index (κ2) is 7.66. The van der Waals surface area contributed by atoms with Crippen LogP contribution in [0.4, 0.5) is 0 Å². The third-order valence-electron chi connectivity index (χ3n) is 3.45. The molecule has 1 aliphatic carbocycles. The van der Waals surface area contributed by atoms with Gasteiger partial charge in [-0.05, 0) is 55.9 Å². The van der Waals surface area contributed by atoms with Crippen molar-refractivity contribution in [1.29, 1.82) is 0 Å². The van der Waals surface area contributed by atoms with Gasteiger partial charge >= 0.3 is 0 Å². The van der Waals surface area contributed by atoms with Crippen LogP contribution in [-0.2, 0) is 9.63 Å². The molecule has 0 aromatic heterocycles. The molecule has 1 amide bonds. The number of benzene rings is 1. The topological polar surface area (TPSA) is 47.6 Å². The first-order chi connectivity index (χ1) is 10.0. The summed E-state index contributed by atoms with van der Waals surface area (Å²) in [5.74, 6) is 0.742. The Hall–Kier alpha value is -1.26.